The highest BCUT2D eigenvalue weighted by molar-refractivity contribution is 5.43. The van der Waals surface area contributed by atoms with Crippen molar-refractivity contribution < 1.29 is 9.47 Å². The van der Waals surface area contributed by atoms with Crippen molar-refractivity contribution in [2.24, 2.45) is 0 Å². The molecule has 22 heavy (non-hydrogen) atoms. The van der Waals surface area contributed by atoms with Crippen LogP contribution in [-0.4, -0.2) is 18.2 Å². The summed E-state index contributed by atoms with van der Waals surface area (Å²) in [5.41, 5.74) is 2.17. The zero-order valence-corrected chi connectivity index (χ0v) is 12.9. The Morgan fingerprint density at radius 2 is 2.05 bits per heavy atom. The van der Waals surface area contributed by atoms with Crippen LogP contribution in [0.25, 0.3) is 0 Å². The second-order valence-corrected chi connectivity index (χ2v) is 4.74. The SMILES string of the molecule is C=CCOc1ccc(CNCc2ccccn2)cc1OCC. The van der Waals surface area contributed by atoms with E-state index in [2.05, 4.69) is 16.9 Å². The summed E-state index contributed by atoms with van der Waals surface area (Å²) in [6.07, 6.45) is 3.52. The lowest BCUT2D eigenvalue weighted by Crippen LogP contribution is -2.13. The van der Waals surface area contributed by atoms with Crippen LogP contribution in [0.5, 0.6) is 11.5 Å². The Hall–Kier alpha value is -2.33. The summed E-state index contributed by atoms with van der Waals surface area (Å²) >= 11 is 0. The predicted molar refractivity (Wildman–Crippen MR) is 88.1 cm³/mol. The molecule has 0 amide bonds. The van der Waals surface area contributed by atoms with Gasteiger partial charge in [-0.25, -0.2) is 0 Å². The van der Waals surface area contributed by atoms with E-state index in [4.69, 9.17) is 9.47 Å². The number of hydrogen-bond acceptors (Lipinski definition) is 4. The number of aromatic nitrogens is 1. The van der Waals surface area contributed by atoms with E-state index >= 15 is 0 Å². The van der Waals surface area contributed by atoms with Crippen molar-refractivity contribution in [3.8, 4) is 11.5 Å². The predicted octanol–water partition coefficient (Wildman–Crippen LogP) is 3.33. The Morgan fingerprint density at radius 1 is 1.14 bits per heavy atom. The van der Waals surface area contributed by atoms with Gasteiger partial charge in [-0.15, -0.1) is 0 Å². The number of hydrogen-bond donors (Lipinski definition) is 1. The van der Waals surface area contributed by atoms with Crippen molar-refractivity contribution in [1.82, 2.24) is 10.3 Å². The quantitative estimate of drug-likeness (QED) is 0.721. The average Bonchev–Trinajstić information content (AvgIpc) is 2.55. The zero-order valence-electron chi connectivity index (χ0n) is 12.9. The highest BCUT2D eigenvalue weighted by atomic mass is 16.5. The van der Waals surface area contributed by atoms with Gasteiger partial charge in [0.25, 0.3) is 0 Å². The van der Waals surface area contributed by atoms with E-state index in [0.29, 0.717) is 13.2 Å². The first-order valence-corrected chi connectivity index (χ1v) is 7.43. The van der Waals surface area contributed by atoms with Gasteiger partial charge in [-0.3, -0.25) is 4.98 Å². The molecule has 4 nitrogen and oxygen atoms in total. The summed E-state index contributed by atoms with van der Waals surface area (Å²) < 4.78 is 11.2. The van der Waals surface area contributed by atoms with Gasteiger partial charge in [0.2, 0.25) is 0 Å². The number of ether oxygens (including phenoxy) is 2. The van der Waals surface area contributed by atoms with Crippen LogP contribution in [0, 0.1) is 0 Å². The molecule has 4 heteroatoms. The molecular weight excluding hydrogens is 276 g/mol. The van der Waals surface area contributed by atoms with Crippen LogP contribution in [0.3, 0.4) is 0 Å². The molecule has 2 aromatic rings. The first-order chi connectivity index (χ1) is 10.8. The third kappa shape index (κ3) is 4.90. The van der Waals surface area contributed by atoms with Crippen molar-refractivity contribution in [2.75, 3.05) is 13.2 Å². The number of nitrogens with one attached hydrogen (secondary N) is 1. The number of nitrogens with zero attached hydrogens (tertiary/aromatic N) is 1. The lowest BCUT2D eigenvalue weighted by atomic mass is 10.2. The van der Waals surface area contributed by atoms with Gasteiger partial charge >= 0.3 is 0 Å². The molecular formula is C18H22N2O2. The maximum absolute atomic E-state index is 5.64. The summed E-state index contributed by atoms with van der Waals surface area (Å²) in [6.45, 7) is 8.18. The Kier molecular flexibility index (Phi) is 6.45. The zero-order chi connectivity index (χ0) is 15.6. The minimum absolute atomic E-state index is 0.470. The maximum atomic E-state index is 5.64. The lowest BCUT2D eigenvalue weighted by Gasteiger charge is -2.13. The molecule has 0 saturated carbocycles. The largest absolute Gasteiger partial charge is 0.490 e. The van der Waals surface area contributed by atoms with Crippen molar-refractivity contribution in [3.63, 3.8) is 0 Å². The molecule has 0 spiro atoms. The first-order valence-electron chi connectivity index (χ1n) is 7.43. The van der Waals surface area contributed by atoms with E-state index in [1.165, 1.54) is 0 Å². The minimum atomic E-state index is 0.470. The Labute approximate surface area is 131 Å². The number of rotatable bonds is 9. The molecule has 1 aromatic carbocycles. The highest BCUT2D eigenvalue weighted by Crippen LogP contribution is 2.28. The summed E-state index contributed by atoms with van der Waals surface area (Å²) in [7, 11) is 0. The molecule has 0 atom stereocenters. The smallest absolute Gasteiger partial charge is 0.161 e. The third-order valence-electron chi connectivity index (χ3n) is 3.03. The van der Waals surface area contributed by atoms with Crippen molar-refractivity contribution >= 4 is 0 Å². The highest BCUT2D eigenvalue weighted by Gasteiger charge is 2.06. The Bertz CT molecular complexity index is 585. The van der Waals surface area contributed by atoms with E-state index in [-0.39, 0.29) is 0 Å². The Balaban J connectivity index is 1.95. The standard InChI is InChI=1S/C18H22N2O2/c1-3-11-22-17-9-8-15(12-18(17)21-4-2)13-19-14-16-7-5-6-10-20-16/h3,5-10,12,19H,1,4,11,13-14H2,2H3. The van der Waals surface area contributed by atoms with Gasteiger partial charge in [0, 0.05) is 19.3 Å². The van der Waals surface area contributed by atoms with E-state index in [1.807, 2.05) is 43.3 Å². The minimum Gasteiger partial charge on any atom is -0.490 e. The molecule has 0 aliphatic carbocycles. The summed E-state index contributed by atoms with van der Waals surface area (Å²) in [4.78, 5) is 4.29. The number of benzene rings is 1. The lowest BCUT2D eigenvalue weighted by molar-refractivity contribution is 0.296. The monoisotopic (exact) mass is 298 g/mol. The molecule has 1 aromatic heterocycles. The fourth-order valence-electron chi connectivity index (χ4n) is 2.04. The first kappa shape index (κ1) is 16.0. The molecule has 0 unspecified atom stereocenters. The van der Waals surface area contributed by atoms with Crippen LogP contribution in [0.15, 0.2) is 55.3 Å². The van der Waals surface area contributed by atoms with Crippen molar-refractivity contribution in [2.45, 2.75) is 20.0 Å². The van der Waals surface area contributed by atoms with Gasteiger partial charge in [-0.05, 0) is 36.8 Å². The third-order valence-corrected chi connectivity index (χ3v) is 3.03. The van der Waals surface area contributed by atoms with E-state index in [0.717, 1.165) is 35.8 Å². The second kappa shape index (κ2) is 8.85. The van der Waals surface area contributed by atoms with E-state index in [9.17, 15) is 0 Å². The normalized spacial score (nSPS) is 10.2. The van der Waals surface area contributed by atoms with Crippen LogP contribution >= 0.6 is 0 Å². The van der Waals surface area contributed by atoms with Crippen LogP contribution in [0.2, 0.25) is 0 Å². The summed E-state index contributed by atoms with van der Waals surface area (Å²) in [6, 6.07) is 11.9. The van der Waals surface area contributed by atoms with Gasteiger partial charge in [0.1, 0.15) is 6.61 Å². The van der Waals surface area contributed by atoms with Gasteiger partial charge < -0.3 is 14.8 Å². The molecule has 2 rings (SSSR count). The van der Waals surface area contributed by atoms with Gasteiger partial charge in [0.15, 0.2) is 11.5 Å². The van der Waals surface area contributed by atoms with Crippen LogP contribution < -0.4 is 14.8 Å². The topological polar surface area (TPSA) is 43.4 Å². The summed E-state index contributed by atoms with van der Waals surface area (Å²) in [5, 5.41) is 3.37. The van der Waals surface area contributed by atoms with Gasteiger partial charge in [0.05, 0.1) is 12.3 Å². The molecule has 0 aliphatic rings. The fourth-order valence-corrected chi connectivity index (χ4v) is 2.04. The molecule has 1 N–H and O–H groups in total. The van der Waals surface area contributed by atoms with E-state index < -0.39 is 0 Å². The molecule has 0 fully saturated rings. The average molecular weight is 298 g/mol. The van der Waals surface area contributed by atoms with Gasteiger partial charge in [-0.1, -0.05) is 24.8 Å². The van der Waals surface area contributed by atoms with Crippen molar-refractivity contribution in [1.29, 1.82) is 0 Å². The van der Waals surface area contributed by atoms with Crippen LogP contribution in [0.4, 0.5) is 0 Å². The second-order valence-electron chi connectivity index (χ2n) is 4.74. The maximum Gasteiger partial charge on any atom is 0.161 e. The molecule has 1 heterocycles. The fraction of sp³-hybridized carbons (Fsp3) is 0.278. The van der Waals surface area contributed by atoms with Crippen molar-refractivity contribution in [3.05, 3.63) is 66.5 Å². The molecule has 0 aliphatic heterocycles. The van der Waals surface area contributed by atoms with Gasteiger partial charge in [-0.2, -0.15) is 0 Å². The summed E-state index contributed by atoms with van der Waals surface area (Å²) in [5.74, 6) is 1.51. The van der Waals surface area contributed by atoms with Crippen LogP contribution in [0.1, 0.15) is 18.2 Å². The molecule has 0 bridgehead atoms. The van der Waals surface area contributed by atoms with Crippen LogP contribution in [-0.2, 0) is 13.1 Å². The molecule has 0 radical (unpaired) electrons. The van der Waals surface area contributed by atoms with E-state index in [1.54, 1.807) is 12.3 Å². The molecule has 0 saturated heterocycles. The number of pyridine rings is 1. The molecule has 116 valence electrons. The Morgan fingerprint density at radius 3 is 2.77 bits per heavy atom.